The molecule has 0 aliphatic rings. The number of amides is 1. The topological polar surface area (TPSA) is 114 Å². The van der Waals surface area contributed by atoms with Crippen LogP contribution in [-0.4, -0.2) is 43.1 Å². The molecule has 9 heteroatoms. The fraction of sp³-hybridized carbons (Fsp3) is 0.148. The Morgan fingerprint density at radius 3 is 2.39 bits per heavy atom. The van der Waals surface area contributed by atoms with Crippen LogP contribution in [0.1, 0.15) is 29.3 Å². The molecule has 182 valence electrons. The Balaban J connectivity index is 1.68. The molecule has 1 atom stereocenters. The molecule has 0 spiro atoms. The number of benzene rings is 2. The highest BCUT2D eigenvalue weighted by Gasteiger charge is 2.42. The summed E-state index contributed by atoms with van der Waals surface area (Å²) < 4.78 is 14.7. The Kier molecular flexibility index (Phi) is 7.00. The Morgan fingerprint density at radius 1 is 1.00 bits per heavy atom. The van der Waals surface area contributed by atoms with Crippen LogP contribution in [0.15, 0.2) is 85.2 Å². The molecule has 8 nitrogen and oxygen atoms in total. The Hall–Kier alpha value is -4.66. The molecule has 1 unspecified atom stereocenters. The van der Waals surface area contributed by atoms with E-state index in [2.05, 4.69) is 15.4 Å². The number of carboxylic acid groups (broad SMARTS) is 1. The molecule has 0 saturated heterocycles. The van der Waals surface area contributed by atoms with Crippen molar-refractivity contribution in [1.29, 1.82) is 0 Å². The van der Waals surface area contributed by atoms with E-state index in [-0.39, 0.29) is 30.0 Å². The fourth-order valence-electron chi connectivity index (χ4n) is 3.96. The number of aliphatic carboxylic acids is 1. The number of halogens is 1. The number of nitrogens with one attached hydrogen (secondary N) is 1. The van der Waals surface area contributed by atoms with Gasteiger partial charge in [-0.2, -0.15) is 5.10 Å². The molecule has 36 heavy (non-hydrogen) atoms. The van der Waals surface area contributed by atoms with Crippen LogP contribution < -0.4 is 5.32 Å². The Bertz CT molecular complexity index is 1400. The van der Waals surface area contributed by atoms with Gasteiger partial charge in [0.15, 0.2) is 5.82 Å². The number of carbonyl (C=O) groups is 3. The molecular weight excluding hydrogens is 463 g/mol. The molecule has 0 saturated carbocycles. The van der Waals surface area contributed by atoms with Crippen molar-refractivity contribution in [2.45, 2.75) is 25.3 Å². The molecule has 2 N–H and O–H groups in total. The molecule has 1 amide bonds. The molecule has 0 fully saturated rings. The number of rotatable bonds is 9. The van der Waals surface area contributed by atoms with Crippen LogP contribution in [0.4, 0.5) is 4.39 Å². The van der Waals surface area contributed by atoms with E-state index < -0.39 is 23.2 Å². The lowest BCUT2D eigenvalue weighted by Crippen LogP contribution is -2.58. The number of Topliss-reactive ketones (excluding diaryl/α,β-unsaturated/α-hetero) is 1. The quantitative estimate of drug-likeness (QED) is 0.348. The highest BCUT2D eigenvalue weighted by atomic mass is 19.1. The first-order valence-electron chi connectivity index (χ1n) is 11.2. The summed E-state index contributed by atoms with van der Waals surface area (Å²) in [7, 11) is 0. The van der Waals surface area contributed by atoms with Crippen molar-refractivity contribution in [3.63, 3.8) is 0 Å². The second kappa shape index (κ2) is 10.3. The third-order valence-electron chi connectivity index (χ3n) is 5.91. The number of hydrogen-bond acceptors (Lipinski definition) is 5. The van der Waals surface area contributed by atoms with Crippen LogP contribution in [0.5, 0.6) is 0 Å². The summed E-state index contributed by atoms with van der Waals surface area (Å²) in [5.41, 5.74) is 0.366. The zero-order chi connectivity index (χ0) is 25.7. The predicted molar refractivity (Wildman–Crippen MR) is 130 cm³/mol. The van der Waals surface area contributed by atoms with Crippen LogP contribution in [0, 0.1) is 5.82 Å². The number of nitrogens with zero attached hydrogens (tertiary/aromatic N) is 3. The van der Waals surface area contributed by atoms with Gasteiger partial charge in [0, 0.05) is 24.4 Å². The standard InChI is InChI=1S/C27H23FN4O4/c1-2-27(23(33)26(35)36,17-18-7-4-3-5-8-18)30-25(34)21-9-6-15-29-24(21)32-16-14-22(31-32)19-10-12-20(28)13-11-19/h3-16H,2,17H2,1H3,(H,30,34)(H,35,36). The zero-order valence-corrected chi connectivity index (χ0v) is 19.4. The van der Waals surface area contributed by atoms with Crippen molar-refractivity contribution in [3.8, 4) is 17.1 Å². The van der Waals surface area contributed by atoms with E-state index in [1.54, 1.807) is 67.7 Å². The molecule has 0 aliphatic carbocycles. The molecule has 4 aromatic rings. The highest BCUT2D eigenvalue weighted by molar-refractivity contribution is 6.37. The Labute approximate surface area is 206 Å². The molecular formula is C27H23FN4O4. The summed E-state index contributed by atoms with van der Waals surface area (Å²) in [6.45, 7) is 1.65. The van der Waals surface area contributed by atoms with Crippen LogP contribution in [0.3, 0.4) is 0 Å². The van der Waals surface area contributed by atoms with Crippen molar-refractivity contribution in [2.24, 2.45) is 0 Å². The molecule has 2 heterocycles. The second-order valence-electron chi connectivity index (χ2n) is 8.21. The van der Waals surface area contributed by atoms with E-state index in [1.807, 2.05) is 0 Å². The SMILES string of the molecule is CCC(Cc1ccccc1)(NC(=O)c1cccnc1-n1ccc(-c2ccc(F)cc2)n1)C(=O)C(=O)O. The van der Waals surface area contributed by atoms with Crippen molar-refractivity contribution in [3.05, 3.63) is 102 Å². The third-order valence-corrected chi connectivity index (χ3v) is 5.91. The normalized spacial score (nSPS) is 12.5. The van der Waals surface area contributed by atoms with E-state index in [4.69, 9.17) is 0 Å². The molecule has 0 radical (unpaired) electrons. The van der Waals surface area contributed by atoms with E-state index >= 15 is 0 Å². The molecule has 0 aliphatic heterocycles. The lowest BCUT2D eigenvalue weighted by Gasteiger charge is -2.31. The molecule has 0 bridgehead atoms. The summed E-state index contributed by atoms with van der Waals surface area (Å²) in [4.78, 5) is 42.3. The number of carboxylic acids is 1. The number of carbonyl (C=O) groups excluding carboxylic acids is 2. The van der Waals surface area contributed by atoms with E-state index in [0.29, 0.717) is 16.8 Å². The summed E-state index contributed by atoms with van der Waals surface area (Å²) in [5, 5.41) is 16.7. The monoisotopic (exact) mass is 486 g/mol. The number of pyridine rings is 1. The van der Waals surface area contributed by atoms with E-state index in [0.717, 1.165) is 0 Å². The van der Waals surface area contributed by atoms with Crippen LogP contribution in [-0.2, 0) is 16.0 Å². The first kappa shape index (κ1) is 24.5. The smallest absolute Gasteiger partial charge is 0.374 e. The van der Waals surface area contributed by atoms with Gasteiger partial charge in [0.05, 0.1) is 11.3 Å². The van der Waals surface area contributed by atoms with Gasteiger partial charge in [0.25, 0.3) is 11.7 Å². The lowest BCUT2D eigenvalue weighted by molar-refractivity contribution is -0.152. The van der Waals surface area contributed by atoms with Crippen molar-refractivity contribution >= 4 is 17.7 Å². The number of ketones is 1. The van der Waals surface area contributed by atoms with Crippen LogP contribution in [0.2, 0.25) is 0 Å². The first-order valence-corrected chi connectivity index (χ1v) is 11.2. The summed E-state index contributed by atoms with van der Waals surface area (Å²) >= 11 is 0. The fourth-order valence-corrected chi connectivity index (χ4v) is 3.96. The van der Waals surface area contributed by atoms with Crippen LogP contribution >= 0.6 is 0 Å². The van der Waals surface area contributed by atoms with Crippen molar-refractivity contribution in [2.75, 3.05) is 0 Å². The first-order chi connectivity index (χ1) is 17.3. The van der Waals surface area contributed by atoms with Gasteiger partial charge in [-0.05, 0) is 54.4 Å². The van der Waals surface area contributed by atoms with Gasteiger partial charge in [0.2, 0.25) is 0 Å². The van der Waals surface area contributed by atoms with Crippen LogP contribution in [0.25, 0.3) is 17.1 Å². The minimum absolute atomic E-state index is 0.00724. The van der Waals surface area contributed by atoms with Gasteiger partial charge in [-0.15, -0.1) is 0 Å². The van der Waals surface area contributed by atoms with Gasteiger partial charge >= 0.3 is 5.97 Å². The summed E-state index contributed by atoms with van der Waals surface area (Å²) in [5.74, 6) is -3.58. The molecule has 2 aromatic heterocycles. The summed E-state index contributed by atoms with van der Waals surface area (Å²) in [6, 6.07) is 19.5. The van der Waals surface area contributed by atoms with Gasteiger partial charge in [0.1, 0.15) is 11.4 Å². The molecule has 2 aromatic carbocycles. The highest BCUT2D eigenvalue weighted by Crippen LogP contribution is 2.23. The molecule has 4 rings (SSSR count). The van der Waals surface area contributed by atoms with E-state index in [9.17, 15) is 23.9 Å². The average molecular weight is 487 g/mol. The van der Waals surface area contributed by atoms with Gasteiger partial charge in [-0.25, -0.2) is 18.9 Å². The Morgan fingerprint density at radius 2 is 1.72 bits per heavy atom. The minimum Gasteiger partial charge on any atom is -0.475 e. The third kappa shape index (κ3) is 5.05. The average Bonchev–Trinajstić information content (AvgIpc) is 3.39. The maximum Gasteiger partial charge on any atom is 0.374 e. The van der Waals surface area contributed by atoms with Crippen molar-refractivity contribution < 1.29 is 23.9 Å². The number of aromatic nitrogens is 3. The van der Waals surface area contributed by atoms with E-state index in [1.165, 1.54) is 29.1 Å². The minimum atomic E-state index is -1.67. The predicted octanol–water partition coefficient (Wildman–Crippen LogP) is 3.85. The largest absolute Gasteiger partial charge is 0.475 e. The lowest BCUT2D eigenvalue weighted by atomic mass is 9.83. The summed E-state index contributed by atoms with van der Waals surface area (Å²) in [6.07, 6.45) is 3.17. The van der Waals surface area contributed by atoms with Crippen molar-refractivity contribution in [1.82, 2.24) is 20.1 Å². The van der Waals surface area contributed by atoms with Gasteiger partial charge in [-0.3, -0.25) is 9.59 Å². The van der Waals surface area contributed by atoms with Gasteiger partial charge < -0.3 is 10.4 Å². The van der Waals surface area contributed by atoms with Gasteiger partial charge in [-0.1, -0.05) is 37.3 Å². The maximum absolute atomic E-state index is 13.5. The zero-order valence-electron chi connectivity index (χ0n) is 19.4. The second-order valence-corrected chi connectivity index (χ2v) is 8.21. The maximum atomic E-state index is 13.5. The number of hydrogen-bond donors (Lipinski definition) is 2.